The topological polar surface area (TPSA) is 67.2 Å². The van der Waals surface area contributed by atoms with Crippen LogP contribution in [0.4, 0.5) is 8.78 Å². The van der Waals surface area contributed by atoms with E-state index in [1.807, 2.05) is 13.8 Å². The van der Waals surface area contributed by atoms with Crippen LogP contribution in [-0.2, 0) is 6.54 Å². The van der Waals surface area contributed by atoms with E-state index in [4.69, 9.17) is 5.11 Å². The fourth-order valence-electron chi connectivity index (χ4n) is 1.80. The number of carbonyl (C=O) groups is 1. The maximum atomic E-state index is 13.0. The molecule has 0 aliphatic carbocycles. The first-order valence-corrected chi connectivity index (χ1v) is 6.62. The molecule has 7 heteroatoms. The third-order valence-corrected chi connectivity index (χ3v) is 2.73. The number of hydrogen-bond acceptors (Lipinski definition) is 3. The molecule has 0 aromatic carbocycles. The van der Waals surface area contributed by atoms with Crippen LogP contribution in [0.15, 0.2) is 6.20 Å². The van der Waals surface area contributed by atoms with Gasteiger partial charge < -0.3 is 10.4 Å². The van der Waals surface area contributed by atoms with Crippen LogP contribution in [0.3, 0.4) is 0 Å². The van der Waals surface area contributed by atoms with Crippen molar-refractivity contribution in [3.05, 3.63) is 17.5 Å². The Bertz CT molecular complexity index is 447. The van der Waals surface area contributed by atoms with Gasteiger partial charge in [-0.15, -0.1) is 0 Å². The van der Waals surface area contributed by atoms with Crippen LogP contribution < -0.4 is 5.32 Å². The van der Waals surface area contributed by atoms with Gasteiger partial charge in [-0.05, 0) is 19.3 Å². The smallest absolute Gasteiger partial charge is 0.272 e. The van der Waals surface area contributed by atoms with Crippen molar-refractivity contribution >= 4 is 5.91 Å². The van der Waals surface area contributed by atoms with Crippen LogP contribution in [0.25, 0.3) is 0 Å². The SMILES string of the molecule is CC(C)Cn1cc(C(F)F)c(C(=O)NC(C)CCO)n1. The highest BCUT2D eigenvalue weighted by atomic mass is 19.3. The lowest BCUT2D eigenvalue weighted by atomic mass is 10.2. The normalized spacial score (nSPS) is 13.0. The van der Waals surface area contributed by atoms with Gasteiger partial charge in [-0.2, -0.15) is 5.10 Å². The fraction of sp³-hybridized carbons (Fsp3) is 0.692. The summed E-state index contributed by atoms with van der Waals surface area (Å²) >= 11 is 0. The van der Waals surface area contributed by atoms with Gasteiger partial charge in [-0.25, -0.2) is 8.78 Å². The molecule has 1 aromatic rings. The minimum atomic E-state index is -2.75. The average Bonchev–Trinajstić information content (AvgIpc) is 2.72. The van der Waals surface area contributed by atoms with Gasteiger partial charge in [-0.1, -0.05) is 13.8 Å². The second-order valence-electron chi connectivity index (χ2n) is 5.24. The molecule has 1 amide bonds. The van der Waals surface area contributed by atoms with Crippen molar-refractivity contribution in [2.45, 2.75) is 46.2 Å². The number of halogens is 2. The molecule has 5 nitrogen and oxygen atoms in total. The standard InChI is InChI=1S/C13H21F2N3O2/c1-8(2)6-18-7-10(12(14)15)11(17-18)13(20)16-9(3)4-5-19/h7-9,12,19H,4-6H2,1-3H3,(H,16,20). The number of aromatic nitrogens is 2. The number of amides is 1. The second-order valence-corrected chi connectivity index (χ2v) is 5.24. The first-order valence-electron chi connectivity index (χ1n) is 6.62. The lowest BCUT2D eigenvalue weighted by Crippen LogP contribution is -2.34. The molecule has 1 atom stereocenters. The summed E-state index contributed by atoms with van der Waals surface area (Å²) in [6.45, 7) is 5.96. The molecule has 1 heterocycles. The summed E-state index contributed by atoms with van der Waals surface area (Å²) in [5, 5.41) is 15.3. The Morgan fingerprint density at radius 2 is 2.10 bits per heavy atom. The minimum Gasteiger partial charge on any atom is -0.396 e. The molecular formula is C13H21F2N3O2. The summed E-state index contributed by atoms with van der Waals surface area (Å²) in [5.74, 6) is -0.395. The molecule has 20 heavy (non-hydrogen) atoms. The number of aliphatic hydroxyl groups excluding tert-OH is 1. The van der Waals surface area contributed by atoms with Crippen molar-refractivity contribution in [2.75, 3.05) is 6.61 Å². The highest BCUT2D eigenvalue weighted by Crippen LogP contribution is 2.22. The van der Waals surface area contributed by atoms with Crippen molar-refractivity contribution in [2.24, 2.45) is 5.92 Å². The number of aliphatic hydroxyl groups is 1. The van der Waals surface area contributed by atoms with Crippen LogP contribution in [-0.4, -0.2) is 33.4 Å². The molecule has 0 saturated heterocycles. The number of carbonyl (C=O) groups excluding carboxylic acids is 1. The minimum absolute atomic E-state index is 0.0784. The molecule has 114 valence electrons. The molecule has 0 bridgehead atoms. The lowest BCUT2D eigenvalue weighted by molar-refractivity contribution is 0.0915. The summed E-state index contributed by atoms with van der Waals surface area (Å²) < 4.78 is 27.3. The van der Waals surface area contributed by atoms with Crippen LogP contribution >= 0.6 is 0 Å². The number of rotatable bonds is 7. The Labute approximate surface area is 117 Å². The van der Waals surface area contributed by atoms with Crippen LogP contribution in [0.1, 0.15) is 49.7 Å². The van der Waals surface area contributed by atoms with E-state index in [1.54, 1.807) is 6.92 Å². The Hall–Kier alpha value is -1.50. The summed E-state index contributed by atoms with van der Waals surface area (Å²) in [7, 11) is 0. The molecule has 0 aliphatic heterocycles. The van der Waals surface area contributed by atoms with Gasteiger partial charge in [0.05, 0.1) is 5.56 Å². The average molecular weight is 289 g/mol. The molecule has 2 N–H and O–H groups in total. The third-order valence-electron chi connectivity index (χ3n) is 2.73. The van der Waals surface area contributed by atoms with Gasteiger partial charge >= 0.3 is 0 Å². The first-order chi connectivity index (χ1) is 9.35. The quantitative estimate of drug-likeness (QED) is 0.806. The second kappa shape index (κ2) is 7.33. The monoisotopic (exact) mass is 289 g/mol. The first kappa shape index (κ1) is 16.6. The van der Waals surface area contributed by atoms with Gasteiger partial charge in [-0.3, -0.25) is 9.48 Å². The Kier molecular flexibility index (Phi) is 6.06. The highest BCUT2D eigenvalue weighted by Gasteiger charge is 2.24. The zero-order chi connectivity index (χ0) is 15.3. The van der Waals surface area contributed by atoms with Gasteiger partial charge in [0, 0.05) is 25.4 Å². The predicted octanol–water partition coefficient (Wildman–Crippen LogP) is 1.98. The summed E-state index contributed by atoms with van der Waals surface area (Å²) in [4.78, 5) is 12.0. The molecule has 0 radical (unpaired) electrons. The molecule has 0 aliphatic rings. The molecule has 0 spiro atoms. The Morgan fingerprint density at radius 1 is 1.45 bits per heavy atom. The van der Waals surface area contributed by atoms with Gasteiger partial charge in [0.2, 0.25) is 0 Å². The number of alkyl halides is 2. The maximum absolute atomic E-state index is 13.0. The molecule has 1 rings (SSSR count). The summed E-state index contributed by atoms with van der Waals surface area (Å²) in [6.07, 6.45) is -1.16. The van der Waals surface area contributed by atoms with E-state index in [-0.39, 0.29) is 29.8 Å². The third kappa shape index (κ3) is 4.56. The number of nitrogens with zero attached hydrogens (tertiary/aromatic N) is 2. The van der Waals surface area contributed by atoms with Gasteiger partial charge in [0.25, 0.3) is 12.3 Å². The van der Waals surface area contributed by atoms with Crippen LogP contribution in [0, 0.1) is 5.92 Å². The number of nitrogens with one attached hydrogen (secondary N) is 1. The van der Waals surface area contributed by atoms with Gasteiger partial charge in [0.15, 0.2) is 5.69 Å². The van der Waals surface area contributed by atoms with E-state index in [0.717, 1.165) is 0 Å². The van der Waals surface area contributed by atoms with Crippen molar-refractivity contribution in [1.82, 2.24) is 15.1 Å². The van der Waals surface area contributed by atoms with Crippen LogP contribution in [0.2, 0.25) is 0 Å². The number of hydrogen-bond donors (Lipinski definition) is 2. The van der Waals surface area contributed by atoms with Crippen molar-refractivity contribution < 1.29 is 18.7 Å². The molecule has 0 fully saturated rings. The Balaban J connectivity index is 2.91. The van der Waals surface area contributed by atoms with E-state index < -0.39 is 12.3 Å². The van der Waals surface area contributed by atoms with E-state index in [9.17, 15) is 13.6 Å². The predicted molar refractivity (Wildman–Crippen MR) is 70.7 cm³/mol. The Morgan fingerprint density at radius 3 is 2.60 bits per heavy atom. The van der Waals surface area contributed by atoms with Crippen molar-refractivity contribution in [3.63, 3.8) is 0 Å². The van der Waals surface area contributed by atoms with Crippen LogP contribution in [0.5, 0.6) is 0 Å². The molecule has 1 aromatic heterocycles. The van der Waals surface area contributed by atoms with E-state index in [0.29, 0.717) is 13.0 Å². The van der Waals surface area contributed by atoms with Crippen molar-refractivity contribution in [3.8, 4) is 0 Å². The van der Waals surface area contributed by atoms with E-state index >= 15 is 0 Å². The lowest BCUT2D eigenvalue weighted by Gasteiger charge is -2.11. The molecule has 0 saturated carbocycles. The molecular weight excluding hydrogens is 268 g/mol. The zero-order valence-electron chi connectivity index (χ0n) is 11.9. The summed E-state index contributed by atoms with van der Waals surface area (Å²) in [5.41, 5.74) is -0.607. The van der Waals surface area contributed by atoms with Gasteiger partial charge in [0.1, 0.15) is 0 Å². The van der Waals surface area contributed by atoms with E-state index in [2.05, 4.69) is 10.4 Å². The zero-order valence-corrected chi connectivity index (χ0v) is 11.9. The summed E-state index contributed by atoms with van der Waals surface area (Å²) in [6, 6.07) is -0.298. The maximum Gasteiger partial charge on any atom is 0.272 e. The van der Waals surface area contributed by atoms with E-state index in [1.165, 1.54) is 10.9 Å². The van der Waals surface area contributed by atoms with Crippen molar-refractivity contribution in [1.29, 1.82) is 0 Å². The fourth-order valence-corrected chi connectivity index (χ4v) is 1.80. The molecule has 1 unspecified atom stereocenters. The largest absolute Gasteiger partial charge is 0.396 e. The highest BCUT2D eigenvalue weighted by molar-refractivity contribution is 5.93.